The van der Waals surface area contributed by atoms with Gasteiger partial charge < -0.3 is 5.73 Å². The lowest BCUT2D eigenvalue weighted by Crippen LogP contribution is -2.15. The normalized spacial score (nSPS) is 11.5. The quantitative estimate of drug-likeness (QED) is 0.843. The van der Waals surface area contributed by atoms with Gasteiger partial charge in [-0.3, -0.25) is 4.72 Å². The Labute approximate surface area is 115 Å². The minimum atomic E-state index is -3.70. The summed E-state index contributed by atoms with van der Waals surface area (Å²) in [4.78, 5) is 4.15. The fourth-order valence-electron chi connectivity index (χ4n) is 1.64. The van der Waals surface area contributed by atoms with Gasteiger partial charge in [-0.2, -0.15) is 4.37 Å². The van der Waals surface area contributed by atoms with E-state index in [0.717, 1.165) is 17.1 Å². The third-order valence-corrected chi connectivity index (χ3v) is 5.00. The Morgan fingerprint density at radius 3 is 2.53 bits per heavy atom. The molecule has 0 fully saturated rings. The van der Waals surface area contributed by atoms with Gasteiger partial charge in [0.15, 0.2) is 0 Å². The van der Waals surface area contributed by atoms with Crippen LogP contribution in [-0.4, -0.2) is 17.8 Å². The summed E-state index contributed by atoms with van der Waals surface area (Å²) in [6, 6.07) is 3.18. The highest BCUT2D eigenvalue weighted by Crippen LogP contribution is 2.25. The second kappa shape index (κ2) is 4.78. The molecule has 0 unspecified atom stereocenters. The molecule has 0 amide bonds. The first-order chi connectivity index (χ1) is 8.79. The Balaban J connectivity index is 2.45. The third-order valence-electron chi connectivity index (χ3n) is 2.68. The van der Waals surface area contributed by atoms with E-state index in [-0.39, 0.29) is 10.0 Å². The molecule has 0 aliphatic carbocycles. The van der Waals surface area contributed by atoms with E-state index >= 15 is 0 Å². The molecule has 1 aromatic heterocycles. The largest absolute Gasteiger partial charge is 0.399 e. The molecule has 0 spiro atoms. The van der Waals surface area contributed by atoms with Crippen LogP contribution in [0.2, 0.25) is 0 Å². The van der Waals surface area contributed by atoms with Crippen molar-refractivity contribution in [3.05, 3.63) is 29.1 Å². The average Bonchev–Trinajstić information content (AvgIpc) is 2.68. The summed E-state index contributed by atoms with van der Waals surface area (Å²) < 4.78 is 31.0. The molecule has 2 aromatic rings. The van der Waals surface area contributed by atoms with Crippen LogP contribution >= 0.6 is 11.5 Å². The number of nitrogens with two attached hydrogens (primary N) is 1. The van der Waals surface area contributed by atoms with Crippen LogP contribution in [0.4, 0.5) is 10.8 Å². The lowest BCUT2D eigenvalue weighted by Gasteiger charge is -2.11. The molecule has 0 saturated heterocycles. The van der Waals surface area contributed by atoms with Crippen molar-refractivity contribution >= 4 is 32.4 Å². The number of nitrogens with zero attached hydrogens (tertiary/aromatic N) is 2. The van der Waals surface area contributed by atoms with Crippen molar-refractivity contribution in [2.45, 2.75) is 25.7 Å². The van der Waals surface area contributed by atoms with E-state index in [0.29, 0.717) is 17.1 Å². The number of hydrogen-bond donors (Lipinski definition) is 2. The maximum Gasteiger partial charge on any atom is 0.264 e. The summed E-state index contributed by atoms with van der Waals surface area (Å²) in [7, 11) is -3.70. The van der Waals surface area contributed by atoms with Crippen LogP contribution in [0.25, 0.3) is 0 Å². The molecule has 6 nitrogen and oxygen atoms in total. The lowest BCUT2D eigenvalue weighted by atomic mass is 10.1. The Bertz CT molecular complexity index is 722. The molecule has 0 radical (unpaired) electrons. The van der Waals surface area contributed by atoms with Crippen molar-refractivity contribution in [3.63, 3.8) is 0 Å². The van der Waals surface area contributed by atoms with Crippen LogP contribution < -0.4 is 10.5 Å². The van der Waals surface area contributed by atoms with E-state index in [1.807, 2.05) is 6.92 Å². The van der Waals surface area contributed by atoms with E-state index in [9.17, 15) is 8.42 Å². The average molecular weight is 298 g/mol. The van der Waals surface area contributed by atoms with E-state index in [1.54, 1.807) is 19.9 Å². The number of aromatic nitrogens is 2. The van der Waals surface area contributed by atoms with Crippen molar-refractivity contribution in [2.24, 2.45) is 0 Å². The predicted molar refractivity (Wildman–Crippen MR) is 75.8 cm³/mol. The minimum Gasteiger partial charge on any atom is -0.399 e. The van der Waals surface area contributed by atoms with Crippen LogP contribution in [0.3, 0.4) is 0 Å². The van der Waals surface area contributed by atoms with Gasteiger partial charge in [-0.15, -0.1) is 0 Å². The van der Waals surface area contributed by atoms with Crippen LogP contribution in [-0.2, 0) is 10.0 Å². The molecule has 1 aromatic carbocycles. The van der Waals surface area contributed by atoms with Crippen LogP contribution in [0, 0.1) is 20.8 Å². The van der Waals surface area contributed by atoms with Crippen molar-refractivity contribution in [3.8, 4) is 0 Å². The molecule has 19 heavy (non-hydrogen) atoms. The lowest BCUT2D eigenvalue weighted by molar-refractivity contribution is 0.600. The number of benzene rings is 1. The zero-order valence-corrected chi connectivity index (χ0v) is 12.4. The number of aryl methyl sites for hydroxylation is 2. The fourth-order valence-corrected chi connectivity index (χ4v) is 3.79. The first kappa shape index (κ1) is 13.8. The summed E-state index contributed by atoms with van der Waals surface area (Å²) in [5.41, 5.74) is 7.62. The van der Waals surface area contributed by atoms with Gasteiger partial charge in [0.1, 0.15) is 5.82 Å². The molecule has 0 aliphatic rings. The molecule has 1 heterocycles. The summed E-state index contributed by atoms with van der Waals surface area (Å²) in [6.45, 7) is 5.26. The van der Waals surface area contributed by atoms with Gasteiger partial charge in [-0.25, -0.2) is 13.4 Å². The van der Waals surface area contributed by atoms with Gasteiger partial charge >= 0.3 is 0 Å². The van der Waals surface area contributed by atoms with Crippen molar-refractivity contribution in [1.29, 1.82) is 0 Å². The highest BCUT2D eigenvalue weighted by molar-refractivity contribution is 7.93. The first-order valence-corrected chi connectivity index (χ1v) is 7.75. The minimum absolute atomic E-state index is 0.165. The van der Waals surface area contributed by atoms with Crippen molar-refractivity contribution in [1.82, 2.24) is 9.36 Å². The van der Waals surface area contributed by atoms with Gasteiger partial charge in [-0.05, 0) is 44.0 Å². The first-order valence-electron chi connectivity index (χ1n) is 5.49. The van der Waals surface area contributed by atoms with Crippen LogP contribution in [0.1, 0.15) is 17.0 Å². The van der Waals surface area contributed by atoms with Crippen LogP contribution in [0.5, 0.6) is 0 Å². The Morgan fingerprint density at radius 2 is 1.95 bits per heavy atom. The molecule has 0 aliphatic heterocycles. The second-order valence-corrected chi connectivity index (χ2v) is 6.62. The van der Waals surface area contributed by atoms with Crippen molar-refractivity contribution in [2.75, 3.05) is 10.5 Å². The van der Waals surface area contributed by atoms with Crippen LogP contribution in [0.15, 0.2) is 17.0 Å². The number of nitrogen functional groups attached to an aromatic ring is 1. The molecular weight excluding hydrogens is 284 g/mol. The molecule has 2 rings (SSSR count). The summed E-state index contributed by atoms with van der Waals surface area (Å²) in [5.74, 6) is 0.531. The zero-order chi connectivity index (χ0) is 14.2. The molecule has 3 N–H and O–H groups in total. The Hall–Kier alpha value is -1.67. The summed E-state index contributed by atoms with van der Waals surface area (Å²) in [5, 5.41) is 0.247. The van der Waals surface area contributed by atoms with Crippen molar-refractivity contribution < 1.29 is 8.42 Å². The second-order valence-electron chi connectivity index (χ2n) is 4.21. The standard InChI is InChI=1S/C11H14N4O2S2/c1-6-4-9(12)5-10(7(6)2)19(16,17)15-11-13-8(3)14-18-11/h4-5H,12H2,1-3H3,(H,13,14,15). The van der Waals surface area contributed by atoms with E-state index < -0.39 is 10.0 Å². The summed E-state index contributed by atoms with van der Waals surface area (Å²) >= 11 is 1.00. The van der Waals surface area contributed by atoms with Gasteiger partial charge in [0.2, 0.25) is 5.13 Å². The molecule has 8 heteroatoms. The van der Waals surface area contributed by atoms with E-state index in [4.69, 9.17) is 5.73 Å². The topological polar surface area (TPSA) is 98.0 Å². The zero-order valence-electron chi connectivity index (χ0n) is 10.8. The maximum atomic E-state index is 12.3. The number of hydrogen-bond acceptors (Lipinski definition) is 6. The number of sulfonamides is 1. The molecule has 102 valence electrons. The highest BCUT2D eigenvalue weighted by Gasteiger charge is 2.20. The predicted octanol–water partition coefficient (Wildman–Crippen LogP) is 1.85. The van der Waals surface area contributed by atoms with Gasteiger partial charge in [0.25, 0.3) is 10.0 Å². The Kier molecular flexibility index (Phi) is 3.46. The van der Waals surface area contributed by atoms with E-state index in [2.05, 4.69) is 14.1 Å². The van der Waals surface area contributed by atoms with E-state index in [1.165, 1.54) is 6.07 Å². The maximum absolute atomic E-state index is 12.3. The molecule has 0 saturated carbocycles. The third kappa shape index (κ3) is 2.85. The highest BCUT2D eigenvalue weighted by atomic mass is 32.2. The summed E-state index contributed by atoms with van der Waals surface area (Å²) in [6.07, 6.45) is 0. The SMILES string of the molecule is Cc1nsc(NS(=O)(=O)c2cc(N)cc(C)c2C)n1. The molecule has 0 bridgehead atoms. The molecular formula is C11H14N4O2S2. The van der Waals surface area contributed by atoms with Gasteiger partial charge in [0.05, 0.1) is 4.90 Å². The van der Waals surface area contributed by atoms with Gasteiger partial charge in [0, 0.05) is 17.2 Å². The monoisotopic (exact) mass is 298 g/mol. The number of rotatable bonds is 3. The molecule has 0 atom stereocenters. The Morgan fingerprint density at radius 1 is 1.26 bits per heavy atom. The number of anilines is 2. The smallest absolute Gasteiger partial charge is 0.264 e. The fraction of sp³-hybridized carbons (Fsp3) is 0.273. The number of nitrogens with one attached hydrogen (secondary N) is 1. The van der Waals surface area contributed by atoms with Gasteiger partial charge in [-0.1, -0.05) is 0 Å².